The number of fused-ring (bicyclic) bond motifs is 1. The Labute approximate surface area is 113 Å². The summed E-state index contributed by atoms with van der Waals surface area (Å²) in [6.07, 6.45) is 3.95. The van der Waals surface area contributed by atoms with Gasteiger partial charge in [0.1, 0.15) is 11.5 Å². The van der Waals surface area contributed by atoms with Crippen LogP contribution in [0.1, 0.15) is 34.9 Å². The highest BCUT2D eigenvalue weighted by Crippen LogP contribution is 2.31. The van der Waals surface area contributed by atoms with Crippen molar-refractivity contribution in [2.24, 2.45) is 0 Å². The number of nitrogens with one attached hydrogen (secondary N) is 1. The average molecular weight is 257 g/mol. The van der Waals surface area contributed by atoms with Gasteiger partial charge in [-0.2, -0.15) is 0 Å². The first-order chi connectivity index (χ1) is 9.29. The second-order valence-corrected chi connectivity index (χ2v) is 4.97. The molecule has 1 N–H and O–H groups in total. The van der Waals surface area contributed by atoms with Crippen LogP contribution in [-0.4, -0.2) is 13.7 Å². The first-order valence-electron chi connectivity index (χ1n) is 6.76. The Balaban J connectivity index is 1.98. The van der Waals surface area contributed by atoms with Crippen LogP contribution in [0, 0.1) is 6.92 Å². The fraction of sp³-hybridized carbons (Fsp3) is 0.375. The molecule has 1 atom stereocenters. The van der Waals surface area contributed by atoms with Gasteiger partial charge >= 0.3 is 0 Å². The van der Waals surface area contributed by atoms with Gasteiger partial charge in [0.2, 0.25) is 0 Å². The second kappa shape index (κ2) is 5.10. The molecule has 19 heavy (non-hydrogen) atoms. The molecule has 0 amide bonds. The maximum absolute atomic E-state index is 5.67. The predicted octanol–water partition coefficient (Wildman–Crippen LogP) is 3.22. The maximum Gasteiger partial charge on any atom is 0.122 e. The van der Waals surface area contributed by atoms with Crippen LogP contribution < -0.4 is 10.1 Å². The van der Waals surface area contributed by atoms with Crippen LogP contribution in [0.3, 0.4) is 0 Å². The third-order valence-electron chi connectivity index (χ3n) is 3.76. The Morgan fingerprint density at radius 2 is 2.16 bits per heavy atom. The highest BCUT2D eigenvalue weighted by Gasteiger charge is 2.18. The van der Waals surface area contributed by atoms with Crippen LogP contribution in [0.5, 0.6) is 5.75 Å². The number of ether oxygens (including phenoxy) is 1. The average Bonchev–Trinajstić information content (AvgIpc) is 2.86. The molecule has 3 heteroatoms. The van der Waals surface area contributed by atoms with Crippen molar-refractivity contribution in [3.8, 4) is 5.75 Å². The predicted molar refractivity (Wildman–Crippen MR) is 74.6 cm³/mol. The summed E-state index contributed by atoms with van der Waals surface area (Å²) in [5, 5.41) is 3.37. The Morgan fingerprint density at radius 1 is 1.26 bits per heavy atom. The van der Waals surface area contributed by atoms with Crippen molar-refractivity contribution < 1.29 is 9.15 Å². The summed E-state index contributed by atoms with van der Waals surface area (Å²) in [4.78, 5) is 0. The van der Waals surface area contributed by atoms with Crippen LogP contribution in [0.25, 0.3) is 0 Å². The molecule has 0 bridgehead atoms. The van der Waals surface area contributed by atoms with E-state index in [1.54, 1.807) is 6.26 Å². The van der Waals surface area contributed by atoms with Crippen LogP contribution >= 0.6 is 0 Å². The van der Waals surface area contributed by atoms with Gasteiger partial charge < -0.3 is 14.5 Å². The zero-order valence-electron chi connectivity index (χ0n) is 11.4. The van der Waals surface area contributed by atoms with Gasteiger partial charge in [-0.25, -0.2) is 0 Å². The molecule has 0 fully saturated rings. The summed E-state index contributed by atoms with van der Waals surface area (Å²) in [5.74, 6) is 2.00. The van der Waals surface area contributed by atoms with E-state index in [4.69, 9.17) is 9.15 Å². The van der Waals surface area contributed by atoms with Crippen molar-refractivity contribution in [1.29, 1.82) is 0 Å². The number of aryl methyl sites for hydroxylation is 2. The molecule has 1 aromatic heterocycles. The van der Waals surface area contributed by atoms with Crippen molar-refractivity contribution in [2.45, 2.75) is 25.8 Å². The monoisotopic (exact) mass is 257 g/mol. The van der Waals surface area contributed by atoms with Gasteiger partial charge in [-0.1, -0.05) is 12.1 Å². The minimum atomic E-state index is 0.172. The lowest BCUT2D eigenvalue weighted by Gasteiger charge is -2.21. The summed E-state index contributed by atoms with van der Waals surface area (Å²) in [6, 6.07) is 8.68. The molecular weight excluding hydrogens is 238 g/mol. The van der Waals surface area contributed by atoms with Crippen LogP contribution in [-0.2, 0) is 6.42 Å². The summed E-state index contributed by atoms with van der Waals surface area (Å²) in [5.41, 5.74) is 3.76. The van der Waals surface area contributed by atoms with E-state index in [2.05, 4.69) is 23.5 Å². The second-order valence-electron chi connectivity index (χ2n) is 4.97. The minimum Gasteiger partial charge on any atom is -0.493 e. The van der Waals surface area contributed by atoms with Crippen molar-refractivity contribution >= 4 is 0 Å². The smallest absolute Gasteiger partial charge is 0.122 e. The lowest BCUT2D eigenvalue weighted by atomic mass is 9.95. The van der Waals surface area contributed by atoms with Gasteiger partial charge in [0.05, 0.1) is 18.9 Å². The number of furan rings is 1. The van der Waals surface area contributed by atoms with Gasteiger partial charge in [-0.05, 0) is 50.1 Å². The lowest BCUT2D eigenvalue weighted by Crippen LogP contribution is -2.18. The highest BCUT2D eigenvalue weighted by atomic mass is 16.5. The maximum atomic E-state index is 5.67. The molecule has 100 valence electrons. The van der Waals surface area contributed by atoms with Crippen molar-refractivity contribution in [2.75, 3.05) is 13.7 Å². The van der Waals surface area contributed by atoms with E-state index >= 15 is 0 Å². The van der Waals surface area contributed by atoms with Gasteiger partial charge in [0.15, 0.2) is 0 Å². The fourth-order valence-corrected chi connectivity index (χ4v) is 2.76. The summed E-state index contributed by atoms with van der Waals surface area (Å²) < 4.78 is 11.1. The van der Waals surface area contributed by atoms with E-state index in [9.17, 15) is 0 Å². The van der Waals surface area contributed by atoms with Crippen LogP contribution in [0.4, 0.5) is 0 Å². The Morgan fingerprint density at radius 3 is 2.89 bits per heavy atom. The Bertz CT molecular complexity index is 574. The normalized spacial score (nSPS) is 15.7. The third-order valence-corrected chi connectivity index (χ3v) is 3.76. The molecule has 2 aromatic rings. The van der Waals surface area contributed by atoms with Gasteiger partial charge in [0.25, 0.3) is 0 Å². The molecule has 0 saturated heterocycles. The molecule has 0 saturated carbocycles. The first kappa shape index (κ1) is 12.3. The molecule has 1 aromatic carbocycles. The topological polar surface area (TPSA) is 34.4 Å². The van der Waals surface area contributed by atoms with E-state index in [-0.39, 0.29) is 6.04 Å². The van der Waals surface area contributed by atoms with Crippen molar-refractivity contribution in [1.82, 2.24) is 5.32 Å². The van der Waals surface area contributed by atoms with Crippen molar-refractivity contribution in [3.63, 3.8) is 0 Å². The summed E-state index contributed by atoms with van der Waals surface area (Å²) >= 11 is 0. The van der Waals surface area contributed by atoms with Crippen LogP contribution in [0.2, 0.25) is 0 Å². The molecule has 1 aliphatic rings. The highest BCUT2D eigenvalue weighted by molar-refractivity contribution is 5.42. The van der Waals surface area contributed by atoms with Gasteiger partial charge in [-0.3, -0.25) is 0 Å². The molecule has 1 unspecified atom stereocenters. The number of benzene rings is 1. The fourth-order valence-electron chi connectivity index (χ4n) is 2.76. The summed E-state index contributed by atoms with van der Waals surface area (Å²) in [7, 11) is 1.98. The SMILES string of the molecule is CNC(c1ccc2c(c1)CCCO2)c1ccoc1C. The van der Waals surface area contributed by atoms with Gasteiger partial charge in [-0.15, -0.1) is 0 Å². The molecule has 3 rings (SSSR count). The van der Waals surface area contributed by atoms with E-state index in [1.807, 2.05) is 20.0 Å². The number of hydrogen-bond donors (Lipinski definition) is 1. The molecule has 3 nitrogen and oxygen atoms in total. The third kappa shape index (κ3) is 2.26. The molecule has 0 spiro atoms. The molecule has 1 aliphatic heterocycles. The minimum absolute atomic E-state index is 0.172. The number of hydrogen-bond acceptors (Lipinski definition) is 3. The summed E-state index contributed by atoms with van der Waals surface area (Å²) in [6.45, 7) is 2.84. The molecule has 0 aliphatic carbocycles. The van der Waals surface area contributed by atoms with E-state index in [1.165, 1.54) is 16.7 Å². The lowest BCUT2D eigenvalue weighted by molar-refractivity contribution is 0.288. The molecular formula is C16H19NO2. The first-order valence-corrected chi connectivity index (χ1v) is 6.76. The van der Waals surface area contributed by atoms with Crippen LogP contribution in [0.15, 0.2) is 34.9 Å². The molecule has 0 radical (unpaired) electrons. The Kier molecular flexibility index (Phi) is 3.30. The zero-order chi connectivity index (χ0) is 13.2. The van der Waals surface area contributed by atoms with E-state index in [0.29, 0.717) is 0 Å². The van der Waals surface area contributed by atoms with E-state index in [0.717, 1.165) is 31.0 Å². The zero-order valence-corrected chi connectivity index (χ0v) is 11.4. The number of rotatable bonds is 3. The quantitative estimate of drug-likeness (QED) is 0.916. The van der Waals surface area contributed by atoms with E-state index < -0.39 is 0 Å². The largest absolute Gasteiger partial charge is 0.493 e. The molecule has 2 heterocycles. The Hall–Kier alpha value is -1.74. The van der Waals surface area contributed by atoms with Gasteiger partial charge in [0, 0.05) is 5.56 Å². The van der Waals surface area contributed by atoms with Crippen molar-refractivity contribution in [3.05, 3.63) is 53.0 Å². The standard InChI is InChI=1S/C16H19NO2/c1-11-14(7-9-18-11)16(17-2)13-5-6-15-12(10-13)4-3-8-19-15/h5-7,9-10,16-17H,3-4,8H2,1-2H3.